The van der Waals surface area contributed by atoms with E-state index in [1.54, 1.807) is 0 Å². The van der Waals surface area contributed by atoms with Gasteiger partial charge in [0.2, 0.25) is 0 Å². The molecular formula is C14H23N. The molecule has 0 amide bonds. The van der Waals surface area contributed by atoms with Crippen LogP contribution in [0.3, 0.4) is 0 Å². The van der Waals surface area contributed by atoms with Gasteiger partial charge >= 0.3 is 0 Å². The van der Waals surface area contributed by atoms with Crippen LogP contribution in [0.25, 0.3) is 0 Å². The van der Waals surface area contributed by atoms with Crippen LogP contribution in [0.1, 0.15) is 46.1 Å². The summed E-state index contributed by atoms with van der Waals surface area (Å²) in [6.45, 7) is 9.19. The monoisotopic (exact) mass is 205 g/mol. The molecule has 0 aromatic heterocycles. The Hall–Kier alpha value is -0.980. The highest BCUT2D eigenvalue weighted by Gasteiger charge is 2.22. The van der Waals surface area contributed by atoms with Crippen LogP contribution >= 0.6 is 0 Å². The number of benzene rings is 1. The third-order valence-corrected chi connectivity index (χ3v) is 3.25. The highest BCUT2D eigenvalue weighted by Crippen LogP contribution is 2.31. The number of hydrogen-bond acceptors (Lipinski definition) is 1. The molecule has 1 unspecified atom stereocenters. The highest BCUT2D eigenvalue weighted by atomic mass is 14.5. The third-order valence-electron chi connectivity index (χ3n) is 3.25. The fourth-order valence-electron chi connectivity index (χ4n) is 2.07. The van der Waals surface area contributed by atoms with Crippen molar-refractivity contribution in [3.63, 3.8) is 0 Å². The van der Waals surface area contributed by atoms with E-state index in [0.29, 0.717) is 0 Å². The molecule has 0 heterocycles. The molecule has 1 aromatic rings. The van der Waals surface area contributed by atoms with E-state index in [-0.39, 0.29) is 5.41 Å². The lowest BCUT2D eigenvalue weighted by Gasteiger charge is -2.28. The van der Waals surface area contributed by atoms with Gasteiger partial charge in [-0.2, -0.15) is 0 Å². The molecular weight excluding hydrogens is 182 g/mol. The molecule has 0 saturated heterocycles. The summed E-state index contributed by atoms with van der Waals surface area (Å²) in [6, 6.07) is 8.29. The van der Waals surface area contributed by atoms with Crippen LogP contribution in [-0.4, -0.2) is 0 Å². The van der Waals surface area contributed by atoms with Crippen molar-refractivity contribution in [2.24, 2.45) is 5.92 Å². The second-order valence-electron chi connectivity index (χ2n) is 5.22. The van der Waals surface area contributed by atoms with E-state index in [0.717, 1.165) is 11.6 Å². The molecule has 1 rings (SSSR count). The van der Waals surface area contributed by atoms with E-state index in [1.165, 1.54) is 18.4 Å². The Labute approximate surface area is 93.7 Å². The third kappa shape index (κ3) is 3.26. The summed E-state index contributed by atoms with van der Waals surface area (Å²) in [5, 5.41) is 0. The molecule has 15 heavy (non-hydrogen) atoms. The van der Waals surface area contributed by atoms with Crippen LogP contribution in [-0.2, 0) is 5.41 Å². The standard InChI is InChI=1S/C14H23N/c1-5-11(2)10-14(3,4)12-6-8-13(15)9-7-12/h6-9,11H,5,10,15H2,1-4H3. The predicted molar refractivity (Wildman–Crippen MR) is 68.0 cm³/mol. The van der Waals surface area contributed by atoms with Gasteiger partial charge in [0.1, 0.15) is 0 Å². The SMILES string of the molecule is CCC(C)CC(C)(C)c1ccc(N)cc1. The van der Waals surface area contributed by atoms with Gasteiger partial charge in [0.05, 0.1) is 0 Å². The first-order chi connectivity index (χ1) is 6.95. The summed E-state index contributed by atoms with van der Waals surface area (Å²) in [5.41, 5.74) is 8.18. The molecule has 0 aliphatic carbocycles. The maximum atomic E-state index is 5.70. The Kier molecular flexibility index (Phi) is 3.78. The Bertz CT molecular complexity index is 298. The van der Waals surface area contributed by atoms with Crippen molar-refractivity contribution in [2.45, 2.75) is 46.0 Å². The fourth-order valence-corrected chi connectivity index (χ4v) is 2.07. The smallest absolute Gasteiger partial charge is 0.0314 e. The second kappa shape index (κ2) is 4.69. The zero-order chi connectivity index (χ0) is 11.5. The van der Waals surface area contributed by atoms with Gasteiger partial charge in [0.15, 0.2) is 0 Å². The lowest BCUT2D eigenvalue weighted by atomic mass is 9.77. The highest BCUT2D eigenvalue weighted by molar-refractivity contribution is 5.41. The fraction of sp³-hybridized carbons (Fsp3) is 0.571. The molecule has 0 aliphatic rings. The summed E-state index contributed by atoms with van der Waals surface area (Å²) in [4.78, 5) is 0. The molecule has 1 atom stereocenters. The quantitative estimate of drug-likeness (QED) is 0.739. The molecule has 1 heteroatoms. The van der Waals surface area contributed by atoms with Gasteiger partial charge in [-0.05, 0) is 35.4 Å². The minimum Gasteiger partial charge on any atom is -0.399 e. The molecule has 0 spiro atoms. The van der Waals surface area contributed by atoms with Crippen molar-refractivity contribution in [3.8, 4) is 0 Å². The molecule has 0 bridgehead atoms. The maximum absolute atomic E-state index is 5.70. The van der Waals surface area contributed by atoms with Crippen molar-refractivity contribution in [1.82, 2.24) is 0 Å². The zero-order valence-electron chi connectivity index (χ0n) is 10.4. The first kappa shape index (κ1) is 12.1. The van der Waals surface area contributed by atoms with Crippen LogP contribution in [0.5, 0.6) is 0 Å². The topological polar surface area (TPSA) is 26.0 Å². The first-order valence-electron chi connectivity index (χ1n) is 5.81. The van der Waals surface area contributed by atoms with Gasteiger partial charge in [-0.1, -0.05) is 46.2 Å². The predicted octanol–water partition coefficient (Wildman–Crippen LogP) is 3.98. The summed E-state index contributed by atoms with van der Waals surface area (Å²) >= 11 is 0. The van der Waals surface area contributed by atoms with Gasteiger partial charge < -0.3 is 5.73 Å². The number of hydrogen-bond donors (Lipinski definition) is 1. The van der Waals surface area contributed by atoms with E-state index in [4.69, 9.17) is 5.73 Å². The van der Waals surface area contributed by atoms with Crippen molar-refractivity contribution < 1.29 is 0 Å². The summed E-state index contributed by atoms with van der Waals surface area (Å²) < 4.78 is 0. The van der Waals surface area contributed by atoms with Crippen LogP contribution in [0.4, 0.5) is 5.69 Å². The van der Waals surface area contributed by atoms with Crippen LogP contribution in [0.15, 0.2) is 24.3 Å². The molecule has 0 aliphatic heterocycles. The lowest BCUT2D eigenvalue weighted by molar-refractivity contribution is 0.372. The van der Waals surface area contributed by atoms with Gasteiger partial charge in [0, 0.05) is 5.69 Å². The van der Waals surface area contributed by atoms with Crippen molar-refractivity contribution in [2.75, 3.05) is 5.73 Å². The van der Waals surface area contributed by atoms with Gasteiger partial charge in [-0.25, -0.2) is 0 Å². The molecule has 0 radical (unpaired) electrons. The van der Waals surface area contributed by atoms with Crippen molar-refractivity contribution in [3.05, 3.63) is 29.8 Å². The Morgan fingerprint density at radius 2 is 1.73 bits per heavy atom. The van der Waals surface area contributed by atoms with Gasteiger partial charge in [0.25, 0.3) is 0 Å². The molecule has 0 fully saturated rings. The van der Waals surface area contributed by atoms with E-state index in [2.05, 4.69) is 39.8 Å². The number of rotatable bonds is 4. The number of nitrogens with two attached hydrogens (primary N) is 1. The molecule has 0 saturated carbocycles. The number of anilines is 1. The van der Waals surface area contributed by atoms with Gasteiger partial charge in [-0.15, -0.1) is 0 Å². The van der Waals surface area contributed by atoms with Crippen molar-refractivity contribution >= 4 is 5.69 Å². The van der Waals surface area contributed by atoms with Crippen molar-refractivity contribution in [1.29, 1.82) is 0 Å². The van der Waals surface area contributed by atoms with Crippen LogP contribution in [0, 0.1) is 5.92 Å². The zero-order valence-corrected chi connectivity index (χ0v) is 10.4. The maximum Gasteiger partial charge on any atom is 0.0314 e. The average molecular weight is 205 g/mol. The molecule has 84 valence electrons. The summed E-state index contributed by atoms with van der Waals surface area (Å²) in [5.74, 6) is 0.776. The number of nitrogen functional groups attached to an aromatic ring is 1. The minimum atomic E-state index is 0.253. The van der Waals surface area contributed by atoms with E-state index >= 15 is 0 Å². The van der Waals surface area contributed by atoms with E-state index in [1.807, 2.05) is 12.1 Å². The average Bonchev–Trinajstić information content (AvgIpc) is 2.17. The summed E-state index contributed by atoms with van der Waals surface area (Å²) in [6.07, 6.45) is 2.48. The largest absolute Gasteiger partial charge is 0.399 e. The van der Waals surface area contributed by atoms with Crippen LogP contribution in [0.2, 0.25) is 0 Å². The minimum absolute atomic E-state index is 0.253. The Morgan fingerprint density at radius 3 is 2.20 bits per heavy atom. The molecule has 1 aromatic carbocycles. The van der Waals surface area contributed by atoms with Gasteiger partial charge in [-0.3, -0.25) is 0 Å². The first-order valence-corrected chi connectivity index (χ1v) is 5.81. The summed E-state index contributed by atoms with van der Waals surface area (Å²) in [7, 11) is 0. The van der Waals surface area contributed by atoms with E-state index in [9.17, 15) is 0 Å². The Balaban J connectivity index is 2.80. The Morgan fingerprint density at radius 1 is 1.20 bits per heavy atom. The lowest BCUT2D eigenvalue weighted by Crippen LogP contribution is -2.20. The van der Waals surface area contributed by atoms with Crippen LogP contribution < -0.4 is 5.73 Å². The molecule has 1 nitrogen and oxygen atoms in total. The van der Waals surface area contributed by atoms with E-state index < -0.39 is 0 Å². The normalized spacial score (nSPS) is 13.9. The second-order valence-corrected chi connectivity index (χ2v) is 5.22. The molecule has 2 N–H and O–H groups in total.